The normalized spacial score (nSPS) is 11.1. The number of nitrogens with zero attached hydrogens (tertiary/aromatic N) is 4. The maximum Gasteiger partial charge on any atom is 0.141 e. The molecule has 0 aromatic carbocycles. The molecule has 0 aliphatic heterocycles. The van der Waals surface area contributed by atoms with Gasteiger partial charge in [0.05, 0.1) is 11.4 Å². The minimum atomic E-state index is -0.739. The topological polar surface area (TPSA) is 55.9 Å². The fourth-order valence-corrected chi connectivity index (χ4v) is 1.31. The maximum atomic E-state index is 9.87. The average molecular weight is 192 g/mol. The summed E-state index contributed by atoms with van der Waals surface area (Å²) in [4.78, 5) is 0. The first-order valence-electron chi connectivity index (χ1n) is 4.34. The number of hydrogen-bond acceptors (Lipinski definition) is 3. The van der Waals surface area contributed by atoms with Crippen LogP contribution in [-0.2, 0) is 14.1 Å². The molecular weight excluding hydrogens is 180 g/mol. The van der Waals surface area contributed by atoms with Gasteiger partial charge >= 0.3 is 0 Å². The lowest BCUT2D eigenvalue weighted by atomic mass is 10.2. The molecule has 0 saturated carbocycles. The van der Waals surface area contributed by atoms with Crippen LogP contribution in [0.25, 0.3) is 0 Å². The van der Waals surface area contributed by atoms with E-state index in [0.29, 0.717) is 11.4 Å². The summed E-state index contributed by atoms with van der Waals surface area (Å²) in [7, 11) is 3.63. The van der Waals surface area contributed by atoms with Crippen LogP contribution in [0.2, 0.25) is 0 Å². The molecule has 1 N–H and O–H groups in total. The maximum absolute atomic E-state index is 9.87. The van der Waals surface area contributed by atoms with Gasteiger partial charge in [0.15, 0.2) is 0 Å². The third-order valence-electron chi connectivity index (χ3n) is 2.03. The number of rotatable bonds is 2. The van der Waals surface area contributed by atoms with Crippen molar-refractivity contribution in [3.8, 4) is 0 Å². The molecule has 0 aliphatic carbocycles. The van der Waals surface area contributed by atoms with Crippen molar-refractivity contribution in [2.75, 3.05) is 0 Å². The molecule has 2 aromatic heterocycles. The summed E-state index contributed by atoms with van der Waals surface area (Å²) in [6.45, 7) is 0. The van der Waals surface area contributed by atoms with Crippen LogP contribution in [0.5, 0.6) is 0 Å². The van der Waals surface area contributed by atoms with Crippen molar-refractivity contribution < 1.29 is 5.11 Å². The Kier molecular flexibility index (Phi) is 2.09. The molecule has 5 heteroatoms. The first-order valence-corrected chi connectivity index (χ1v) is 4.34. The highest BCUT2D eigenvalue weighted by Crippen LogP contribution is 2.17. The quantitative estimate of drug-likeness (QED) is 0.741. The monoisotopic (exact) mass is 192 g/mol. The highest BCUT2D eigenvalue weighted by Gasteiger charge is 2.15. The van der Waals surface area contributed by atoms with Gasteiger partial charge in [-0.1, -0.05) is 0 Å². The zero-order chi connectivity index (χ0) is 10.1. The molecular formula is C9H12N4O. The number of aryl methyl sites for hydroxylation is 2. The molecule has 2 heterocycles. The van der Waals surface area contributed by atoms with Crippen molar-refractivity contribution in [2.24, 2.45) is 14.1 Å². The van der Waals surface area contributed by atoms with Gasteiger partial charge in [-0.2, -0.15) is 10.2 Å². The van der Waals surface area contributed by atoms with Crippen molar-refractivity contribution in [3.05, 3.63) is 35.9 Å². The van der Waals surface area contributed by atoms with Crippen LogP contribution in [0, 0.1) is 0 Å². The van der Waals surface area contributed by atoms with E-state index in [0.717, 1.165) is 0 Å². The fourth-order valence-electron chi connectivity index (χ4n) is 1.31. The largest absolute Gasteiger partial charge is 0.380 e. The zero-order valence-electron chi connectivity index (χ0n) is 8.12. The average Bonchev–Trinajstić information content (AvgIpc) is 2.73. The molecule has 14 heavy (non-hydrogen) atoms. The summed E-state index contributed by atoms with van der Waals surface area (Å²) in [5, 5.41) is 18.1. The summed E-state index contributed by atoms with van der Waals surface area (Å²) >= 11 is 0. The number of hydrogen-bond donors (Lipinski definition) is 1. The molecule has 0 atom stereocenters. The third-order valence-corrected chi connectivity index (χ3v) is 2.03. The van der Waals surface area contributed by atoms with E-state index in [4.69, 9.17) is 0 Å². The van der Waals surface area contributed by atoms with Gasteiger partial charge in [-0.05, 0) is 12.1 Å². The summed E-state index contributed by atoms with van der Waals surface area (Å²) in [5.41, 5.74) is 1.23. The van der Waals surface area contributed by atoms with E-state index in [-0.39, 0.29) is 0 Å². The predicted octanol–water partition coefficient (Wildman–Crippen LogP) is 0.235. The molecule has 0 radical (unpaired) electrons. The summed E-state index contributed by atoms with van der Waals surface area (Å²) in [5.74, 6) is 0. The van der Waals surface area contributed by atoms with Crippen LogP contribution in [0.4, 0.5) is 0 Å². The molecule has 0 bridgehead atoms. The van der Waals surface area contributed by atoms with Gasteiger partial charge in [-0.3, -0.25) is 9.36 Å². The third kappa shape index (κ3) is 1.54. The molecule has 0 saturated heterocycles. The van der Waals surface area contributed by atoms with Gasteiger partial charge in [-0.25, -0.2) is 0 Å². The Morgan fingerprint density at radius 2 is 1.50 bits per heavy atom. The molecule has 2 aromatic rings. The zero-order valence-corrected chi connectivity index (χ0v) is 8.12. The van der Waals surface area contributed by atoms with Crippen molar-refractivity contribution in [3.63, 3.8) is 0 Å². The lowest BCUT2D eigenvalue weighted by Crippen LogP contribution is -2.03. The first kappa shape index (κ1) is 8.96. The highest BCUT2D eigenvalue weighted by molar-refractivity contribution is 5.16. The predicted molar refractivity (Wildman–Crippen MR) is 50.5 cm³/mol. The smallest absolute Gasteiger partial charge is 0.141 e. The molecule has 0 aliphatic rings. The minimum absolute atomic E-state index is 0.617. The van der Waals surface area contributed by atoms with Gasteiger partial charge in [0.1, 0.15) is 6.10 Å². The lowest BCUT2D eigenvalue weighted by molar-refractivity contribution is 0.208. The Morgan fingerprint density at radius 3 is 1.79 bits per heavy atom. The van der Waals surface area contributed by atoms with E-state index in [9.17, 15) is 5.11 Å². The Morgan fingerprint density at radius 1 is 1.07 bits per heavy atom. The van der Waals surface area contributed by atoms with Crippen LogP contribution in [0.1, 0.15) is 17.5 Å². The van der Waals surface area contributed by atoms with Crippen molar-refractivity contribution in [1.82, 2.24) is 19.6 Å². The molecule has 0 amide bonds. The van der Waals surface area contributed by atoms with Crippen molar-refractivity contribution >= 4 is 0 Å². The van der Waals surface area contributed by atoms with Crippen LogP contribution in [0.3, 0.4) is 0 Å². The SMILES string of the molecule is Cn1ccc(C(O)c2ccn(C)n2)n1. The molecule has 74 valence electrons. The van der Waals surface area contributed by atoms with E-state index >= 15 is 0 Å². The second kappa shape index (κ2) is 3.26. The Bertz CT molecular complexity index is 391. The molecule has 0 fully saturated rings. The van der Waals surface area contributed by atoms with Crippen molar-refractivity contribution in [1.29, 1.82) is 0 Å². The van der Waals surface area contributed by atoms with Gasteiger partial charge in [0.25, 0.3) is 0 Å². The standard InChI is InChI=1S/C9H12N4O/c1-12-5-3-7(10-12)9(14)8-4-6-13(2)11-8/h3-6,9,14H,1-2H3. The number of aliphatic hydroxyl groups excluding tert-OH is 1. The molecule has 5 nitrogen and oxygen atoms in total. The van der Waals surface area contributed by atoms with E-state index in [2.05, 4.69) is 10.2 Å². The van der Waals surface area contributed by atoms with Gasteiger partial charge in [0.2, 0.25) is 0 Å². The molecule has 0 unspecified atom stereocenters. The van der Waals surface area contributed by atoms with Crippen LogP contribution < -0.4 is 0 Å². The van der Waals surface area contributed by atoms with E-state index in [1.165, 1.54) is 0 Å². The summed E-state index contributed by atoms with van der Waals surface area (Å²) in [6.07, 6.45) is 2.85. The van der Waals surface area contributed by atoms with Crippen molar-refractivity contribution in [2.45, 2.75) is 6.10 Å². The minimum Gasteiger partial charge on any atom is -0.380 e. The van der Waals surface area contributed by atoms with Gasteiger partial charge in [0, 0.05) is 26.5 Å². The second-order valence-corrected chi connectivity index (χ2v) is 3.23. The lowest BCUT2D eigenvalue weighted by Gasteiger charge is -2.02. The Balaban J connectivity index is 2.28. The molecule has 0 spiro atoms. The Hall–Kier alpha value is -1.62. The fraction of sp³-hybridized carbons (Fsp3) is 0.333. The van der Waals surface area contributed by atoms with E-state index in [1.54, 1.807) is 33.9 Å². The van der Waals surface area contributed by atoms with Crippen LogP contribution >= 0.6 is 0 Å². The van der Waals surface area contributed by atoms with Gasteiger partial charge < -0.3 is 5.11 Å². The molecule has 2 rings (SSSR count). The summed E-state index contributed by atoms with van der Waals surface area (Å²) < 4.78 is 3.31. The first-order chi connectivity index (χ1) is 6.66. The highest BCUT2D eigenvalue weighted by atomic mass is 16.3. The number of aromatic nitrogens is 4. The van der Waals surface area contributed by atoms with Gasteiger partial charge in [-0.15, -0.1) is 0 Å². The van der Waals surface area contributed by atoms with Crippen LogP contribution in [0.15, 0.2) is 24.5 Å². The Labute approximate surface area is 81.6 Å². The van der Waals surface area contributed by atoms with E-state index in [1.807, 2.05) is 14.1 Å². The second-order valence-electron chi connectivity index (χ2n) is 3.23. The number of aliphatic hydroxyl groups is 1. The summed E-state index contributed by atoms with van der Waals surface area (Å²) in [6, 6.07) is 3.55. The van der Waals surface area contributed by atoms with Crippen LogP contribution in [-0.4, -0.2) is 24.7 Å². The van der Waals surface area contributed by atoms with E-state index < -0.39 is 6.10 Å².